The molecule has 9 heteroatoms. The Balaban J connectivity index is 2.14. The number of aryl methyl sites for hydroxylation is 1. The molecule has 106 valence electrons. The van der Waals surface area contributed by atoms with Crippen LogP contribution in [0.5, 0.6) is 0 Å². The Kier molecular flexibility index (Phi) is 4.69. The highest BCUT2D eigenvalue weighted by molar-refractivity contribution is 9.10. The molecule has 0 bridgehead atoms. The van der Waals surface area contributed by atoms with Gasteiger partial charge in [0.1, 0.15) is 10.0 Å². The second kappa shape index (κ2) is 6.13. The molecule has 0 aliphatic rings. The molecule has 0 spiro atoms. The van der Waals surface area contributed by atoms with Crippen LogP contribution in [-0.2, 0) is 16.6 Å². The van der Waals surface area contributed by atoms with Gasteiger partial charge in [-0.25, -0.2) is 18.1 Å². The topological polar surface area (TPSA) is 84.8 Å². The van der Waals surface area contributed by atoms with Crippen LogP contribution in [-0.4, -0.2) is 23.4 Å². The third kappa shape index (κ3) is 3.72. The molecule has 0 fully saturated rings. The van der Waals surface area contributed by atoms with Gasteiger partial charge in [0.15, 0.2) is 0 Å². The minimum Gasteiger partial charge on any atom is -0.258 e. The molecule has 0 aliphatic heterocycles. The minimum absolute atomic E-state index is 0.0221. The number of sulfonamides is 1. The van der Waals surface area contributed by atoms with Crippen molar-refractivity contribution in [2.24, 2.45) is 0 Å². The lowest BCUT2D eigenvalue weighted by Gasteiger charge is -2.07. The Morgan fingerprint density at radius 2 is 2.00 bits per heavy atom. The Bertz CT molecular complexity index is 722. The van der Waals surface area contributed by atoms with Gasteiger partial charge in [-0.1, -0.05) is 11.6 Å². The van der Waals surface area contributed by atoms with Crippen LogP contribution < -0.4 is 4.72 Å². The fourth-order valence-electron chi connectivity index (χ4n) is 1.31. The van der Waals surface area contributed by atoms with E-state index in [1.807, 2.05) is 0 Å². The lowest BCUT2D eigenvalue weighted by molar-refractivity contribution is 0.579. The first kappa shape index (κ1) is 15.3. The number of rotatable bonds is 4. The molecule has 2 aromatic rings. The van der Waals surface area contributed by atoms with Gasteiger partial charge in [0.05, 0.1) is 28.6 Å². The van der Waals surface area contributed by atoms with Gasteiger partial charge >= 0.3 is 0 Å². The fraction of sp³-hybridized carbons (Fsp3) is 0.182. The zero-order chi connectivity index (χ0) is 14.8. The summed E-state index contributed by atoms with van der Waals surface area (Å²) in [6, 6.07) is 1.39. The molecule has 2 aromatic heterocycles. The van der Waals surface area contributed by atoms with E-state index >= 15 is 0 Å². The van der Waals surface area contributed by atoms with Crippen molar-refractivity contribution in [1.29, 1.82) is 0 Å². The average molecular weight is 378 g/mol. The number of hydrogen-bond acceptors (Lipinski definition) is 5. The standard InChI is InChI=1S/C11H10BrClN4O2S/c1-7-3-15-8(4-14-7)5-17-20(18,19)9-2-10(12)11(13)16-6-9/h2-4,6,17H,5H2,1H3. The maximum absolute atomic E-state index is 12.1. The monoisotopic (exact) mass is 376 g/mol. The van der Waals surface area contributed by atoms with E-state index in [0.717, 1.165) is 5.69 Å². The maximum atomic E-state index is 12.1. The molecule has 0 amide bonds. The largest absolute Gasteiger partial charge is 0.258 e. The molecule has 6 nitrogen and oxygen atoms in total. The van der Waals surface area contributed by atoms with Crippen molar-refractivity contribution in [3.8, 4) is 0 Å². The van der Waals surface area contributed by atoms with Crippen molar-refractivity contribution in [1.82, 2.24) is 19.7 Å². The van der Waals surface area contributed by atoms with Crippen molar-refractivity contribution in [2.75, 3.05) is 0 Å². The normalized spacial score (nSPS) is 11.6. The third-order valence-corrected chi connectivity index (χ3v) is 4.86. The maximum Gasteiger partial charge on any atom is 0.242 e. The summed E-state index contributed by atoms with van der Waals surface area (Å²) in [5.74, 6) is 0. The van der Waals surface area contributed by atoms with E-state index in [4.69, 9.17) is 11.6 Å². The van der Waals surface area contributed by atoms with E-state index in [1.165, 1.54) is 18.5 Å². The summed E-state index contributed by atoms with van der Waals surface area (Å²) < 4.78 is 27.0. The Morgan fingerprint density at radius 1 is 1.25 bits per heavy atom. The van der Waals surface area contributed by atoms with Gasteiger partial charge in [0.2, 0.25) is 10.0 Å². The second-order valence-electron chi connectivity index (χ2n) is 3.92. The molecule has 20 heavy (non-hydrogen) atoms. The van der Waals surface area contributed by atoms with E-state index in [9.17, 15) is 8.42 Å². The third-order valence-electron chi connectivity index (χ3n) is 2.36. The summed E-state index contributed by atoms with van der Waals surface area (Å²) in [5.41, 5.74) is 1.29. The van der Waals surface area contributed by atoms with Crippen LogP contribution in [0.25, 0.3) is 0 Å². The molecule has 2 rings (SSSR count). The van der Waals surface area contributed by atoms with Crippen LogP contribution in [0.15, 0.2) is 34.0 Å². The van der Waals surface area contributed by atoms with Gasteiger partial charge in [0.25, 0.3) is 0 Å². The highest BCUT2D eigenvalue weighted by Crippen LogP contribution is 2.22. The van der Waals surface area contributed by atoms with E-state index in [-0.39, 0.29) is 16.6 Å². The molecule has 1 N–H and O–H groups in total. The van der Waals surface area contributed by atoms with E-state index in [2.05, 4.69) is 35.6 Å². The summed E-state index contributed by atoms with van der Waals surface area (Å²) in [4.78, 5) is 11.9. The Morgan fingerprint density at radius 3 is 2.60 bits per heavy atom. The highest BCUT2D eigenvalue weighted by Gasteiger charge is 2.16. The van der Waals surface area contributed by atoms with Crippen molar-refractivity contribution in [3.05, 3.63) is 45.7 Å². The molecule has 0 aliphatic carbocycles. The van der Waals surface area contributed by atoms with Crippen molar-refractivity contribution in [2.45, 2.75) is 18.4 Å². The summed E-state index contributed by atoms with van der Waals surface area (Å²) in [7, 11) is -3.68. The Labute approximate surface area is 129 Å². The van der Waals surface area contributed by atoms with Gasteiger partial charge in [0, 0.05) is 12.4 Å². The summed E-state index contributed by atoms with van der Waals surface area (Å²) in [6.07, 6.45) is 4.29. The fourth-order valence-corrected chi connectivity index (χ4v) is 2.89. The molecule has 0 unspecified atom stereocenters. The van der Waals surface area contributed by atoms with Crippen LogP contribution >= 0.6 is 27.5 Å². The van der Waals surface area contributed by atoms with Crippen LogP contribution in [0, 0.1) is 6.92 Å². The van der Waals surface area contributed by atoms with Crippen molar-refractivity contribution >= 4 is 37.6 Å². The quantitative estimate of drug-likeness (QED) is 0.825. The second-order valence-corrected chi connectivity index (χ2v) is 6.90. The predicted octanol–water partition coefficient (Wildman–Crippen LogP) is 2.07. The van der Waals surface area contributed by atoms with Crippen molar-refractivity contribution in [3.63, 3.8) is 0 Å². The Hall–Kier alpha value is -1.09. The molecule has 0 saturated heterocycles. The van der Waals surface area contributed by atoms with Gasteiger partial charge in [-0.3, -0.25) is 9.97 Å². The first-order valence-corrected chi connectivity index (χ1v) is 8.12. The van der Waals surface area contributed by atoms with Crippen LogP contribution in [0.4, 0.5) is 0 Å². The first-order valence-electron chi connectivity index (χ1n) is 5.47. The zero-order valence-electron chi connectivity index (χ0n) is 10.3. The smallest absolute Gasteiger partial charge is 0.242 e. The molecule has 0 aromatic carbocycles. The molecular weight excluding hydrogens is 368 g/mol. The predicted molar refractivity (Wildman–Crippen MR) is 77.7 cm³/mol. The molecule has 0 saturated carbocycles. The van der Waals surface area contributed by atoms with Crippen LogP contribution in [0.3, 0.4) is 0 Å². The van der Waals surface area contributed by atoms with Gasteiger partial charge in [-0.05, 0) is 28.9 Å². The SMILES string of the molecule is Cc1cnc(CNS(=O)(=O)c2cnc(Cl)c(Br)c2)cn1. The average Bonchev–Trinajstić information content (AvgIpc) is 2.41. The number of aromatic nitrogens is 3. The molecule has 0 radical (unpaired) electrons. The van der Waals surface area contributed by atoms with Crippen LogP contribution in [0.1, 0.15) is 11.4 Å². The number of halogens is 2. The van der Waals surface area contributed by atoms with Gasteiger partial charge in [-0.15, -0.1) is 0 Å². The summed E-state index contributed by atoms with van der Waals surface area (Å²) >= 11 is 8.86. The lowest BCUT2D eigenvalue weighted by atomic mass is 10.4. The number of pyridine rings is 1. The lowest BCUT2D eigenvalue weighted by Crippen LogP contribution is -2.24. The van der Waals surface area contributed by atoms with Gasteiger partial charge in [-0.2, -0.15) is 0 Å². The molecule has 0 atom stereocenters. The minimum atomic E-state index is -3.68. The molecule has 2 heterocycles. The number of nitrogens with zero attached hydrogens (tertiary/aromatic N) is 3. The van der Waals surface area contributed by atoms with Crippen molar-refractivity contribution < 1.29 is 8.42 Å². The van der Waals surface area contributed by atoms with Crippen LogP contribution in [0.2, 0.25) is 5.15 Å². The highest BCUT2D eigenvalue weighted by atomic mass is 79.9. The summed E-state index contributed by atoms with van der Waals surface area (Å²) in [6.45, 7) is 1.85. The number of nitrogens with one attached hydrogen (secondary N) is 1. The summed E-state index contributed by atoms with van der Waals surface area (Å²) in [5, 5.41) is 0.202. The number of hydrogen-bond donors (Lipinski definition) is 1. The first-order chi connectivity index (χ1) is 9.38. The zero-order valence-corrected chi connectivity index (χ0v) is 13.5. The molecular formula is C11H10BrClN4O2S. The van der Waals surface area contributed by atoms with E-state index in [0.29, 0.717) is 10.2 Å². The van der Waals surface area contributed by atoms with Gasteiger partial charge < -0.3 is 0 Å². The van der Waals surface area contributed by atoms with E-state index < -0.39 is 10.0 Å². The van der Waals surface area contributed by atoms with E-state index in [1.54, 1.807) is 13.1 Å².